The van der Waals surface area contributed by atoms with Gasteiger partial charge in [-0.1, -0.05) is 11.6 Å². The second-order valence-electron chi connectivity index (χ2n) is 5.99. The van der Waals surface area contributed by atoms with Gasteiger partial charge in [0.15, 0.2) is 0 Å². The van der Waals surface area contributed by atoms with E-state index in [1.807, 2.05) is 0 Å². The van der Waals surface area contributed by atoms with Crippen molar-refractivity contribution >= 4 is 29.1 Å². The van der Waals surface area contributed by atoms with Gasteiger partial charge >= 0.3 is 0 Å². The molecule has 0 saturated carbocycles. The third-order valence-electron chi connectivity index (χ3n) is 4.05. The Morgan fingerprint density at radius 2 is 1.85 bits per heavy atom. The molecule has 0 bridgehead atoms. The van der Waals surface area contributed by atoms with Gasteiger partial charge in [-0.15, -0.1) is 0 Å². The number of halogens is 2. The Kier molecular flexibility index (Phi) is 5.73. The molecular weight excluding hydrogens is 359 g/mol. The highest BCUT2D eigenvalue weighted by Crippen LogP contribution is 2.34. The number of hydrogen-bond donors (Lipinski definition) is 2. The number of ether oxygens (including phenoxy) is 1. The fourth-order valence-electron chi connectivity index (χ4n) is 2.77. The zero-order valence-electron chi connectivity index (χ0n) is 13.9. The molecule has 26 heavy (non-hydrogen) atoms. The number of rotatable bonds is 5. The van der Waals surface area contributed by atoms with Crippen molar-refractivity contribution in [3.8, 4) is 5.75 Å². The monoisotopic (exact) mass is 376 g/mol. The summed E-state index contributed by atoms with van der Waals surface area (Å²) >= 11 is 6.02. The molecule has 1 unspecified atom stereocenters. The molecule has 2 aromatic carbocycles. The van der Waals surface area contributed by atoms with E-state index in [1.54, 1.807) is 18.2 Å². The van der Waals surface area contributed by atoms with Crippen LogP contribution in [0, 0.1) is 5.82 Å². The molecule has 1 heterocycles. The van der Waals surface area contributed by atoms with Crippen molar-refractivity contribution in [2.45, 2.75) is 25.3 Å². The summed E-state index contributed by atoms with van der Waals surface area (Å²) in [6.07, 6.45) is 0.732. The molecule has 1 aliphatic rings. The van der Waals surface area contributed by atoms with E-state index < -0.39 is 0 Å². The van der Waals surface area contributed by atoms with Crippen LogP contribution in [0.5, 0.6) is 5.75 Å². The molecule has 0 saturated heterocycles. The van der Waals surface area contributed by atoms with Crippen LogP contribution >= 0.6 is 11.6 Å². The van der Waals surface area contributed by atoms with Gasteiger partial charge in [0.25, 0.3) is 0 Å². The predicted molar refractivity (Wildman–Crippen MR) is 96.7 cm³/mol. The van der Waals surface area contributed by atoms with Crippen molar-refractivity contribution in [2.75, 3.05) is 11.9 Å². The molecule has 0 aromatic heterocycles. The second kappa shape index (κ2) is 8.19. The summed E-state index contributed by atoms with van der Waals surface area (Å²) < 4.78 is 18.4. The predicted octanol–water partition coefficient (Wildman–Crippen LogP) is 3.84. The van der Waals surface area contributed by atoms with Crippen LogP contribution in [0.15, 0.2) is 42.5 Å². The molecular formula is C19H18ClFN2O3. The topological polar surface area (TPSA) is 67.4 Å². The summed E-state index contributed by atoms with van der Waals surface area (Å²) in [7, 11) is 0. The van der Waals surface area contributed by atoms with Gasteiger partial charge in [0.1, 0.15) is 11.6 Å². The summed E-state index contributed by atoms with van der Waals surface area (Å²) in [5, 5.41) is 6.13. The number of anilines is 1. The van der Waals surface area contributed by atoms with Crippen molar-refractivity contribution in [1.29, 1.82) is 0 Å². The Balaban J connectivity index is 1.51. The number of hydrogen-bond acceptors (Lipinski definition) is 3. The Morgan fingerprint density at radius 3 is 2.62 bits per heavy atom. The molecule has 5 nitrogen and oxygen atoms in total. The number of carbonyl (C=O) groups is 2. The van der Waals surface area contributed by atoms with E-state index in [1.165, 1.54) is 24.3 Å². The number of nitrogens with one attached hydrogen (secondary N) is 2. The summed E-state index contributed by atoms with van der Waals surface area (Å²) in [6.45, 7) is 0.505. The zero-order valence-corrected chi connectivity index (χ0v) is 14.7. The number of amides is 2. The Hall–Kier alpha value is -2.60. The summed E-state index contributed by atoms with van der Waals surface area (Å²) in [6, 6.07) is 10.6. The lowest BCUT2D eigenvalue weighted by Crippen LogP contribution is -2.32. The zero-order chi connectivity index (χ0) is 18.5. The maximum absolute atomic E-state index is 12.8. The average Bonchev–Trinajstić information content (AvgIpc) is 2.62. The standard InChI is InChI=1S/C19H18ClFN2O3/c20-12-1-6-17-15(11-12)16(9-10-26-17)23-19(25)8-7-18(24)22-14-4-2-13(21)3-5-14/h1-6,11,16H,7-10H2,(H,22,24)(H,23,25). The Morgan fingerprint density at radius 1 is 1.12 bits per heavy atom. The molecule has 7 heteroatoms. The summed E-state index contributed by atoms with van der Waals surface area (Å²) in [5.41, 5.74) is 1.33. The minimum atomic E-state index is -0.376. The van der Waals surface area contributed by atoms with Crippen molar-refractivity contribution < 1.29 is 18.7 Å². The van der Waals surface area contributed by atoms with Gasteiger partial charge in [0.05, 0.1) is 12.6 Å². The van der Waals surface area contributed by atoms with Crippen LogP contribution in [0.1, 0.15) is 30.9 Å². The molecule has 0 spiro atoms. The van der Waals surface area contributed by atoms with Crippen molar-refractivity contribution in [3.63, 3.8) is 0 Å². The molecule has 3 rings (SSSR count). The van der Waals surface area contributed by atoms with Gasteiger partial charge in [-0.2, -0.15) is 0 Å². The lowest BCUT2D eigenvalue weighted by molar-refractivity contribution is -0.125. The maximum Gasteiger partial charge on any atom is 0.224 e. The highest BCUT2D eigenvalue weighted by Gasteiger charge is 2.23. The molecule has 2 aromatic rings. The molecule has 0 fully saturated rings. The molecule has 1 atom stereocenters. The normalized spacial score (nSPS) is 15.5. The number of carbonyl (C=O) groups excluding carboxylic acids is 2. The first-order valence-electron chi connectivity index (χ1n) is 8.28. The summed E-state index contributed by atoms with van der Waals surface area (Å²) in [5.74, 6) is -0.196. The van der Waals surface area contributed by atoms with Crippen LogP contribution in [0.25, 0.3) is 0 Å². The first-order chi connectivity index (χ1) is 12.5. The first-order valence-corrected chi connectivity index (χ1v) is 8.66. The highest BCUT2D eigenvalue weighted by atomic mass is 35.5. The van der Waals surface area contributed by atoms with E-state index in [9.17, 15) is 14.0 Å². The Labute approximate surface area is 155 Å². The van der Waals surface area contributed by atoms with Crippen LogP contribution in [-0.4, -0.2) is 18.4 Å². The van der Waals surface area contributed by atoms with E-state index in [4.69, 9.17) is 16.3 Å². The van der Waals surface area contributed by atoms with E-state index in [2.05, 4.69) is 10.6 Å². The van der Waals surface area contributed by atoms with Crippen LogP contribution < -0.4 is 15.4 Å². The van der Waals surface area contributed by atoms with Gasteiger partial charge in [0, 0.05) is 35.5 Å². The Bertz CT molecular complexity index is 811. The maximum atomic E-state index is 12.8. The van der Waals surface area contributed by atoms with Gasteiger partial charge in [0.2, 0.25) is 11.8 Å². The molecule has 2 amide bonds. The minimum absolute atomic E-state index is 0.0365. The van der Waals surface area contributed by atoms with Crippen LogP contribution in [0.4, 0.5) is 10.1 Å². The third-order valence-corrected chi connectivity index (χ3v) is 4.29. The average molecular weight is 377 g/mol. The second-order valence-corrected chi connectivity index (χ2v) is 6.43. The first kappa shape index (κ1) is 18.2. The van der Waals surface area contributed by atoms with Gasteiger partial charge < -0.3 is 15.4 Å². The summed E-state index contributed by atoms with van der Waals surface area (Å²) in [4.78, 5) is 24.1. The third kappa shape index (κ3) is 4.73. The lowest BCUT2D eigenvalue weighted by Gasteiger charge is -2.26. The van der Waals surface area contributed by atoms with Gasteiger partial charge in [-0.25, -0.2) is 4.39 Å². The quantitative estimate of drug-likeness (QED) is 0.833. The van der Waals surface area contributed by atoms with Gasteiger partial charge in [-0.3, -0.25) is 9.59 Å². The van der Waals surface area contributed by atoms with Crippen molar-refractivity contribution in [2.24, 2.45) is 0 Å². The molecule has 2 N–H and O–H groups in total. The smallest absolute Gasteiger partial charge is 0.224 e. The SMILES string of the molecule is O=C(CCC(=O)NC1CCOc2ccc(Cl)cc21)Nc1ccc(F)cc1. The van der Waals surface area contributed by atoms with Crippen molar-refractivity contribution in [3.05, 3.63) is 58.9 Å². The molecule has 0 aliphatic carbocycles. The lowest BCUT2D eigenvalue weighted by atomic mass is 10.0. The van der Waals surface area contributed by atoms with E-state index in [-0.39, 0.29) is 36.5 Å². The van der Waals surface area contributed by atoms with Gasteiger partial charge in [-0.05, 0) is 42.5 Å². The molecule has 136 valence electrons. The van der Waals surface area contributed by atoms with E-state index in [0.717, 1.165) is 5.56 Å². The number of fused-ring (bicyclic) bond motifs is 1. The fourth-order valence-corrected chi connectivity index (χ4v) is 2.95. The minimum Gasteiger partial charge on any atom is -0.493 e. The fraction of sp³-hybridized carbons (Fsp3) is 0.263. The highest BCUT2D eigenvalue weighted by molar-refractivity contribution is 6.30. The van der Waals surface area contributed by atoms with E-state index in [0.29, 0.717) is 29.5 Å². The van der Waals surface area contributed by atoms with E-state index >= 15 is 0 Å². The number of benzene rings is 2. The van der Waals surface area contributed by atoms with Crippen LogP contribution in [0.3, 0.4) is 0 Å². The molecule has 0 radical (unpaired) electrons. The largest absolute Gasteiger partial charge is 0.493 e. The van der Waals surface area contributed by atoms with Crippen LogP contribution in [-0.2, 0) is 9.59 Å². The van der Waals surface area contributed by atoms with Crippen LogP contribution in [0.2, 0.25) is 5.02 Å². The van der Waals surface area contributed by atoms with Crippen molar-refractivity contribution in [1.82, 2.24) is 5.32 Å². The molecule has 1 aliphatic heterocycles.